The van der Waals surface area contributed by atoms with Crippen molar-refractivity contribution >= 4 is 16.9 Å². The lowest BCUT2D eigenvalue weighted by Gasteiger charge is -2.12. The fourth-order valence-corrected chi connectivity index (χ4v) is 3.91. The molecule has 1 N–H and O–H groups in total. The highest BCUT2D eigenvalue weighted by Gasteiger charge is 2.21. The standard InChI is InChI=1S/C21H21N5O3/c1-13(23-20(27)18-7-4-10-28-18)21-24-19(25-29-21)14-8-9-17-16(11-14)22-12-26(17)15-5-2-3-6-15/h4,7-13,15H,2-3,5-6H2,1H3,(H,23,27)/t13-/m1/s1. The predicted molar refractivity (Wildman–Crippen MR) is 105 cm³/mol. The third kappa shape index (κ3) is 3.30. The van der Waals surface area contributed by atoms with Crippen LogP contribution in [0, 0.1) is 0 Å². The minimum atomic E-state index is -0.445. The average molecular weight is 391 g/mol. The van der Waals surface area contributed by atoms with Crippen LogP contribution in [-0.4, -0.2) is 25.6 Å². The molecule has 1 aliphatic rings. The topological polar surface area (TPSA) is 99.0 Å². The minimum absolute atomic E-state index is 0.236. The maximum Gasteiger partial charge on any atom is 0.287 e. The molecule has 3 aromatic heterocycles. The normalized spacial score (nSPS) is 15.8. The Morgan fingerprint density at radius 2 is 2.14 bits per heavy atom. The Kier molecular flexibility index (Phi) is 4.38. The van der Waals surface area contributed by atoms with Gasteiger partial charge < -0.3 is 18.8 Å². The zero-order chi connectivity index (χ0) is 19.8. The van der Waals surface area contributed by atoms with E-state index >= 15 is 0 Å². The van der Waals surface area contributed by atoms with Crippen LogP contribution < -0.4 is 5.32 Å². The number of fused-ring (bicyclic) bond motifs is 1. The lowest BCUT2D eigenvalue weighted by molar-refractivity contribution is 0.0904. The number of benzene rings is 1. The summed E-state index contributed by atoms with van der Waals surface area (Å²) in [4.78, 5) is 21.1. The number of nitrogens with one attached hydrogen (secondary N) is 1. The number of hydrogen-bond donors (Lipinski definition) is 1. The summed E-state index contributed by atoms with van der Waals surface area (Å²) in [5.41, 5.74) is 2.87. The second-order valence-electron chi connectivity index (χ2n) is 7.42. The van der Waals surface area contributed by atoms with E-state index in [9.17, 15) is 4.79 Å². The van der Waals surface area contributed by atoms with Gasteiger partial charge in [0, 0.05) is 11.6 Å². The summed E-state index contributed by atoms with van der Waals surface area (Å²) in [5, 5.41) is 6.86. The van der Waals surface area contributed by atoms with Crippen LogP contribution in [-0.2, 0) is 0 Å². The number of imidazole rings is 1. The van der Waals surface area contributed by atoms with Gasteiger partial charge in [-0.05, 0) is 50.1 Å². The Morgan fingerprint density at radius 3 is 2.93 bits per heavy atom. The number of carbonyl (C=O) groups is 1. The molecule has 1 fully saturated rings. The van der Waals surface area contributed by atoms with Gasteiger partial charge in [0.05, 0.1) is 23.6 Å². The summed E-state index contributed by atoms with van der Waals surface area (Å²) in [6, 6.07) is 9.38. The number of furan rings is 1. The zero-order valence-corrected chi connectivity index (χ0v) is 16.0. The quantitative estimate of drug-likeness (QED) is 0.545. The van der Waals surface area contributed by atoms with Crippen LogP contribution in [0.3, 0.4) is 0 Å². The van der Waals surface area contributed by atoms with Crippen molar-refractivity contribution in [2.75, 3.05) is 0 Å². The predicted octanol–water partition coefficient (Wildman–Crippen LogP) is 4.29. The summed E-state index contributed by atoms with van der Waals surface area (Å²) >= 11 is 0. The van der Waals surface area contributed by atoms with E-state index in [4.69, 9.17) is 8.94 Å². The number of amides is 1. The highest BCUT2D eigenvalue weighted by atomic mass is 16.5. The van der Waals surface area contributed by atoms with Crippen molar-refractivity contribution in [1.82, 2.24) is 25.0 Å². The first-order chi connectivity index (χ1) is 14.2. The molecule has 5 rings (SSSR count). The average Bonchev–Trinajstić information content (AvgIpc) is 3.54. The molecule has 8 heteroatoms. The van der Waals surface area contributed by atoms with Gasteiger partial charge in [-0.25, -0.2) is 4.98 Å². The molecule has 8 nitrogen and oxygen atoms in total. The van der Waals surface area contributed by atoms with Crippen molar-refractivity contribution in [3.8, 4) is 11.4 Å². The molecule has 29 heavy (non-hydrogen) atoms. The molecule has 0 saturated heterocycles. The molecule has 0 unspecified atom stereocenters. The van der Waals surface area contributed by atoms with Crippen LogP contribution in [0.2, 0.25) is 0 Å². The van der Waals surface area contributed by atoms with Gasteiger partial charge in [0.1, 0.15) is 6.04 Å². The summed E-state index contributed by atoms with van der Waals surface area (Å²) in [5.74, 6) is 0.703. The van der Waals surface area contributed by atoms with Gasteiger partial charge in [-0.2, -0.15) is 4.98 Å². The monoisotopic (exact) mass is 391 g/mol. The summed E-state index contributed by atoms with van der Waals surface area (Å²) in [6.07, 6.45) is 8.37. The molecule has 4 aromatic rings. The number of rotatable bonds is 5. The third-order valence-corrected chi connectivity index (χ3v) is 5.46. The van der Waals surface area contributed by atoms with Crippen LogP contribution in [0.4, 0.5) is 0 Å². The molecule has 1 atom stereocenters. The van der Waals surface area contributed by atoms with E-state index in [2.05, 4.69) is 31.1 Å². The first-order valence-electron chi connectivity index (χ1n) is 9.84. The molecule has 3 heterocycles. The third-order valence-electron chi connectivity index (χ3n) is 5.46. The van der Waals surface area contributed by atoms with Crippen LogP contribution in [0.5, 0.6) is 0 Å². The molecular formula is C21H21N5O3. The van der Waals surface area contributed by atoms with Crippen molar-refractivity contribution in [3.63, 3.8) is 0 Å². The van der Waals surface area contributed by atoms with E-state index in [1.54, 1.807) is 19.1 Å². The fourth-order valence-electron chi connectivity index (χ4n) is 3.91. The lowest BCUT2D eigenvalue weighted by atomic mass is 10.1. The van der Waals surface area contributed by atoms with Crippen LogP contribution in [0.1, 0.15) is 61.1 Å². The molecule has 0 radical (unpaired) electrons. The van der Waals surface area contributed by atoms with Crippen LogP contribution >= 0.6 is 0 Å². The van der Waals surface area contributed by atoms with Crippen molar-refractivity contribution in [3.05, 3.63) is 54.6 Å². The van der Waals surface area contributed by atoms with E-state index in [1.807, 2.05) is 18.5 Å². The molecule has 1 saturated carbocycles. The van der Waals surface area contributed by atoms with Crippen LogP contribution in [0.15, 0.2) is 51.9 Å². The van der Waals surface area contributed by atoms with Crippen LogP contribution in [0.25, 0.3) is 22.4 Å². The summed E-state index contributed by atoms with van der Waals surface area (Å²) in [6.45, 7) is 1.78. The Bertz CT molecular complexity index is 1140. The number of nitrogens with zero attached hydrogens (tertiary/aromatic N) is 4. The Labute approximate surface area is 166 Å². The molecule has 0 aliphatic heterocycles. The lowest BCUT2D eigenvalue weighted by Crippen LogP contribution is -2.26. The van der Waals surface area contributed by atoms with Gasteiger partial charge in [0.15, 0.2) is 5.76 Å². The maximum absolute atomic E-state index is 12.1. The summed E-state index contributed by atoms with van der Waals surface area (Å²) < 4.78 is 12.7. The summed E-state index contributed by atoms with van der Waals surface area (Å²) in [7, 11) is 0. The SMILES string of the molecule is C[C@@H](NC(=O)c1ccco1)c1nc(-c2ccc3c(c2)ncn3C2CCCC2)no1. The van der Waals surface area contributed by atoms with Gasteiger partial charge in [0.25, 0.3) is 5.91 Å². The zero-order valence-electron chi connectivity index (χ0n) is 16.0. The second-order valence-corrected chi connectivity index (χ2v) is 7.42. The van der Waals surface area contributed by atoms with E-state index in [0.717, 1.165) is 16.6 Å². The van der Waals surface area contributed by atoms with Gasteiger partial charge >= 0.3 is 0 Å². The largest absolute Gasteiger partial charge is 0.459 e. The maximum atomic E-state index is 12.1. The van der Waals surface area contributed by atoms with E-state index in [1.165, 1.54) is 31.9 Å². The second kappa shape index (κ2) is 7.20. The molecule has 148 valence electrons. The Hall–Kier alpha value is -3.42. The minimum Gasteiger partial charge on any atom is -0.459 e. The molecule has 1 aliphatic carbocycles. The molecule has 1 aromatic carbocycles. The van der Waals surface area contributed by atoms with Crippen molar-refractivity contribution < 1.29 is 13.7 Å². The highest BCUT2D eigenvalue weighted by molar-refractivity contribution is 5.91. The van der Waals surface area contributed by atoms with Gasteiger partial charge in [-0.3, -0.25) is 4.79 Å². The van der Waals surface area contributed by atoms with Crippen molar-refractivity contribution in [2.24, 2.45) is 0 Å². The Morgan fingerprint density at radius 1 is 1.28 bits per heavy atom. The Balaban J connectivity index is 1.35. The number of carbonyl (C=O) groups excluding carboxylic acids is 1. The number of hydrogen-bond acceptors (Lipinski definition) is 6. The van der Waals surface area contributed by atoms with Crippen molar-refractivity contribution in [2.45, 2.75) is 44.7 Å². The first-order valence-corrected chi connectivity index (χ1v) is 9.84. The highest BCUT2D eigenvalue weighted by Crippen LogP contribution is 2.33. The fraction of sp³-hybridized carbons (Fsp3) is 0.333. The van der Waals surface area contributed by atoms with E-state index in [-0.39, 0.29) is 11.7 Å². The van der Waals surface area contributed by atoms with Crippen molar-refractivity contribution in [1.29, 1.82) is 0 Å². The molecule has 0 bridgehead atoms. The van der Waals surface area contributed by atoms with Gasteiger partial charge in [-0.1, -0.05) is 18.0 Å². The smallest absolute Gasteiger partial charge is 0.287 e. The van der Waals surface area contributed by atoms with Gasteiger partial charge in [-0.15, -0.1) is 0 Å². The molecule has 1 amide bonds. The first kappa shape index (κ1) is 17.7. The molecular weight excluding hydrogens is 370 g/mol. The molecule has 0 spiro atoms. The van der Waals surface area contributed by atoms with E-state index in [0.29, 0.717) is 17.8 Å². The van der Waals surface area contributed by atoms with E-state index < -0.39 is 6.04 Å². The van der Waals surface area contributed by atoms with Gasteiger partial charge in [0.2, 0.25) is 11.7 Å². The number of aromatic nitrogens is 4.